The molecule has 0 saturated carbocycles. The summed E-state index contributed by atoms with van der Waals surface area (Å²) >= 11 is 0. The van der Waals surface area contributed by atoms with Crippen molar-refractivity contribution in [3.63, 3.8) is 0 Å². The Kier molecular flexibility index (Phi) is 3.46. The average Bonchev–Trinajstić information content (AvgIpc) is 3.24. The van der Waals surface area contributed by atoms with Crippen molar-refractivity contribution in [2.24, 2.45) is 0 Å². The predicted octanol–water partition coefficient (Wildman–Crippen LogP) is 2.34. The summed E-state index contributed by atoms with van der Waals surface area (Å²) in [5, 5.41) is 0. The first-order chi connectivity index (χ1) is 11.2. The molecule has 120 valence electrons. The number of benzene rings is 1. The van der Waals surface area contributed by atoms with Crippen molar-refractivity contribution in [1.29, 1.82) is 0 Å². The number of pyridine rings is 1. The Hall–Kier alpha value is -2.12. The van der Waals surface area contributed by atoms with E-state index >= 15 is 0 Å². The molecule has 0 amide bonds. The first-order valence-corrected chi connectivity index (χ1v) is 8.92. The van der Waals surface area contributed by atoms with Crippen LogP contribution < -0.4 is 9.47 Å². The van der Waals surface area contributed by atoms with Crippen LogP contribution in [0.4, 0.5) is 0 Å². The summed E-state index contributed by atoms with van der Waals surface area (Å²) in [5.74, 6) is 1.06. The zero-order valence-corrected chi connectivity index (χ0v) is 13.2. The molecular formula is C16H16N2O4S. The van der Waals surface area contributed by atoms with Gasteiger partial charge in [-0.05, 0) is 42.7 Å². The third-order valence-electron chi connectivity index (χ3n) is 4.25. The largest absolute Gasteiger partial charge is 0.454 e. The van der Waals surface area contributed by atoms with Crippen molar-refractivity contribution >= 4 is 10.0 Å². The second kappa shape index (κ2) is 5.50. The van der Waals surface area contributed by atoms with Crippen molar-refractivity contribution in [2.75, 3.05) is 13.3 Å². The van der Waals surface area contributed by atoms with E-state index in [-0.39, 0.29) is 17.7 Å². The lowest BCUT2D eigenvalue weighted by Gasteiger charge is -2.24. The molecule has 3 heterocycles. The first-order valence-electron chi connectivity index (χ1n) is 7.48. The highest BCUT2D eigenvalue weighted by molar-refractivity contribution is 7.89. The second-order valence-electron chi connectivity index (χ2n) is 5.57. The van der Waals surface area contributed by atoms with E-state index in [1.807, 2.05) is 12.1 Å². The zero-order chi connectivity index (χ0) is 15.9. The van der Waals surface area contributed by atoms with Gasteiger partial charge < -0.3 is 9.47 Å². The van der Waals surface area contributed by atoms with E-state index in [9.17, 15) is 8.42 Å². The van der Waals surface area contributed by atoms with Gasteiger partial charge in [-0.25, -0.2) is 8.42 Å². The molecule has 23 heavy (non-hydrogen) atoms. The summed E-state index contributed by atoms with van der Waals surface area (Å²) in [6.07, 6.45) is 5.04. The van der Waals surface area contributed by atoms with Crippen molar-refractivity contribution < 1.29 is 17.9 Å². The number of aromatic nitrogens is 1. The highest BCUT2D eigenvalue weighted by Gasteiger charge is 2.36. The fraction of sp³-hybridized carbons (Fsp3) is 0.312. The van der Waals surface area contributed by atoms with Crippen LogP contribution >= 0.6 is 0 Å². The number of sulfonamides is 1. The molecule has 1 aromatic carbocycles. The van der Waals surface area contributed by atoms with Crippen molar-refractivity contribution in [2.45, 2.75) is 23.8 Å². The van der Waals surface area contributed by atoms with Crippen LogP contribution in [0.3, 0.4) is 0 Å². The van der Waals surface area contributed by atoms with Crippen molar-refractivity contribution in [3.05, 3.63) is 48.3 Å². The quantitative estimate of drug-likeness (QED) is 0.863. The molecule has 7 heteroatoms. The van der Waals surface area contributed by atoms with Crippen molar-refractivity contribution in [3.8, 4) is 11.5 Å². The smallest absolute Gasteiger partial charge is 0.243 e. The molecule has 1 aromatic heterocycles. The molecule has 6 nitrogen and oxygen atoms in total. The fourth-order valence-electron chi connectivity index (χ4n) is 3.12. The van der Waals surface area contributed by atoms with Gasteiger partial charge in [0.05, 0.1) is 10.9 Å². The van der Waals surface area contributed by atoms with Gasteiger partial charge in [-0.1, -0.05) is 0 Å². The first kappa shape index (κ1) is 14.5. The van der Waals surface area contributed by atoms with Crippen LogP contribution in [-0.4, -0.2) is 31.0 Å². The number of nitrogens with zero attached hydrogens (tertiary/aromatic N) is 2. The van der Waals surface area contributed by atoms with Crippen LogP contribution in [0.15, 0.2) is 47.6 Å². The standard InChI is InChI=1S/C16H16N2O4S/c19-23(20,13-3-4-15-16(10-13)22-11-21-15)18-9-1-2-14(18)12-5-7-17-8-6-12/h3-8,10,14H,1-2,9,11H2/t14-/m0/s1. The van der Waals surface area contributed by atoms with E-state index in [0.717, 1.165) is 18.4 Å². The Bertz CT molecular complexity index is 823. The summed E-state index contributed by atoms with van der Waals surface area (Å²) in [6.45, 7) is 0.645. The highest BCUT2D eigenvalue weighted by atomic mass is 32.2. The lowest BCUT2D eigenvalue weighted by Crippen LogP contribution is -2.30. The Labute approximate surface area is 134 Å². The normalized spacial score (nSPS) is 20.8. The minimum atomic E-state index is -3.58. The Morgan fingerprint density at radius 3 is 2.70 bits per heavy atom. The lowest BCUT2D eigenvalue weighted by molar-refractivity contribution is 0.174. The SMILES string of the molecule is O=S(=O)(c1ccc2c(c1)OCO2)N1CCC[C@H]1c1ccncc1. The zero-order valence-electron chi connectivity index (χ0n) is 12.4. The summed E-state index contributed by atoms with van der Waals surface area (Å²) in [7, 11) is -3.58. The molecule has 0 N–H and O–H groups in total. The molecule has 1 atom stereocenters. The third-order valence-corrected chi connectivity index (χ3v) is 6.15. The molecule has 1 saturated heterocycles. The van der Waals surface area contributed by atoms with E-state index in [1.165, 1.54) is 0 Å². The maximum absolute atomic E-state index is 13.0. The van der Waals surface area contributed by atoms with Crippen LogP contribution in [0.5, 0.6) is 11.5 Å². The van der Waals surface area contributed by atoms with E-state index in [4.69, 9.17) is 9.47 Å². The van der Waals surface area contributed by atoms with E-state index in [1.54, 1.807) is 34.9 Å². The van der Waals surface area contributed by atoms with Gasteiger partial charge in [0.1, 0.15) is 0 Å². The molecule has 4 rings (SSSR count). The number of rotatable bonds is 3. The number of hydrogen-bond donors (Lipinski definition) is 0. The van der Waals surface area contributed by atoms with E-state index < -0.39 is 10.0 Å². The second-order valence-corrected chi connectivity index (χ2v) is 7.46. The Morgan fingerprint density at radius 1 is 1.09 bits per heavy atom. The summed E-state index contributed by atoms with van der Waals surface area (Å²) in [5.41, 5.74) is 0.974. The number of hydrogen-bond acceptors (Lipinski definition) is 5. The minimum absolute atomic E-state index is 0.127. The summed E-state index contributed by atoms with van der Waals surface area (Å²) in [6, 6.07) is 8.36. The summed E-state index contributed by atoms with van der Waals surface area (Å²) < 4.78 is 38.2. The maximum Gasteiger partial charge on any atom is 0.243 e. The highest BCUT2D eigenvalue weighted by Crippen LogP contribution is 2.39. The van der Waals surface area contributed by atoms with Gasteiger partial charge in [-0.15, -0.1) is 0 Å². The molecule has 2 aliphatic heterocycles. The van der Waals surface area contributed by atoms with Crippen molar-refractivity contribution in [1.82, 2.24) is 9.29 Å². The van der Waals surface area contributed by atoms with Crippen LogP contribution in [-0.2, 0) is 10.0 Å². The van der Waals surface area contributed by atoms with Crippen LogP contribution in [0.2, 0.25) is 0 Å². The van der Waals surface area contributed by atoms with Gasteiger partial charge in [-0.2, -0.15) is 4.31 Å². The lowest BCUT2D eigenvalue weighted by atomic mass is 10.1. The maximum atomic E-state index is 13.0. The third kappa shape index (κ3) is 2.46. The number of fused-ring (bicyclic) bond motifs is 1. The van der Waals surface area contributed by atoms with Gasteiger partial charge in [-0.3, -0.25) is 4.98 Å². The average molecular weight is 332 g/mol. The fourth-order valence-corrected chi connectivity index (χ4v) is 4.82. The molecule has 1 fully saturated rings. The van der Waals surface area contributed by atoms with E-state index in [0.29, 0.717) is 18.0 Å². The van der Waals surface area contributed by atoms with Crippen LogP contribution in [0.25, 0.3) is 0 Å². The van der Waals surface area contributed by atoms with Gasteiger partial charge in [0.15, 0.2) is 11.5 Å². The molecule has 2 aromatic rings. The summed E-state index contributed by atoms with van der Waals surface area (Å²) in [4.78, 5) is 4.24. The molecular weight excluding hydrogens is 316 g/mol. The minimum Gasteiger partial charge on any atom is -0.454 e. The van der Waals surface area contributed by atoms with Gasteiger partial charge in [0.25, 0.3) is 0 Å². The molecule has 0 spiro atoms. The Morgan fingerprint density at radius 2 is 1.87 bits per heavy atom. The van der Waals surface area contributed by atoms with Crippen LogP contribution in [0.1, 0.15) is 24.4 Å². The van der Waals surface area contributed by atoms with Gasteiger partial charge in [0.2, 0.25) is 16.8 Å². The topological polar surface area (TPSA) is 68.7 Å². The molecule has 0 aliphatic carbocycles. The monoisotopic (exact) mass is 332 g/mol. The van der Waals surface area contributed by atoms with Crippen LogP contribution in [0, 0.1) is 0 Å². The van der Waals surface area contributed by atoms with E-state index in [2.05, 4.69) is 4.98 Å². The van der Waals surface area contributed by atoms with Gasteiger partial charge >= 0.3 is 0 Å². The predicted molar refractivity (Wildman–Crippen MR) is 82.7 cm³/mol. The molecule has 2 aliphatic rings. The van der Waals surface area contributed by atoms with Gasteiger partial charge in [0, 0.05) is 25.0 Å². The molecule has 0 radical (unpaired) electrons. The number of ether oxygens (including phenoxy) is 2. The molecule has 0 unspecified atom stereocenters. The Balaban J connectivity index is 1.70. The molecule has 0 bridgehead atoms.